The molecule has 0 spiro atoms. The number of hydrogen-bond acceptors (Lipinski definition) is 3. The molecule has 0 radical (unpaired) electrons. The number of nitrogens with zero attached hydrogens (tertiary/aromatic N) is 1. The molecule has 2 atom stereocenters. The maximum absolute atomic E-state index is 13.1. The second kappa shape index (κ2) is 6.26. The van der Waals surface area contributed by atoms with Crippen molar-refractivity contribution in [1.82, 2.24) is 10.3 Å². The standard InChI is InChI=1S/C20H23FN2O/c1-20(15-4-6-16(21)7-5-15)11-17(12-20)23-18-8-10-24-19(18)14-3-2-9-22-13-14/h2-7,9,13,17-19,23H,8,10-12H2,1H3/t17?,18-,19+,20?/m0/s1. The Hall–Kier alpha value is -1.78. The van der Waals surface area contributed by atoms with E-state index in [0.29, 0.717) is 12.1 Å². The average Bonchev–Trinajstić information content (AvgIpc) is 3.03. The van der Waals surface area contributed by atoms with E-state index in [9.17, 15) is 4.39 Å². The molecule has 4 heteroatoms. The lowest BCUT2D eigenvalue weighted by Crippen LogP contribution is -2.53. The molecule has 4 rings (SSSR count). The Morgan fingerprint density at radius 3 is 2.71 bits per heavy atom. The maximum atomic E-state index is 13.1. The minimum Gasteiger partial charge on any atom is -0.372 e. The summed E-state index contributed by atoms with van der Waals surface area (Å²) in [6, 6.07) is 11.8. The fraction of sp³-hybridized carbons (Fsp3) is 0.450. The summed E-state index contributed by atoms with van der Waals surface area (Å²) < 4.78 is 19.0. The number of pyridine rings is 1. The van der Waals surface area contributed by atoms with Crippen LogP contribution in [0.3, 0.4) is 0 Å². The first-order valence-electron chi connectivity index (χ1n) is 8.68. The third-order valence-corrected chi connectivity index (χ3v) is 5.49. The van der Waals surface area contributed by atoms with E-state index >= 15 is 0 Å². The van der Waals surface area contributed by atoms with Gasteiger partial charge in [-0.05, 0) is 48.4 Å². The number of benzene rings is 1. The van der Waals surface area contributed by atoms with Gasteiger partial charge in [-0.2, -0.15) is 0 Å². The molecule has 0 amide bonds. The van der Waals surface area contributed by atoms with Crippen molar-refractivity contribution >= 4 is 0 Å². The normalized spacial score (nSPS) is 32.5. The Kier molecular flexibility index (Phi) is 4.10. The second-order valence-corrected chi connectivity index (χ2v) is 7.31. The largest absolute Gasteiger partial charge is 0.372 e. The SMILES string of the molecule is CC1(c2ccc(F)cc2)CC(N[C@H]2CCO[C@@H]2c2cccnc2)C1. The van der Waals surface area contributed by atoms with Crippen LogP contribution in [0.2, 0.25) is 0 Å². The molecule has 1 N–H and O–H groups in total. The van der Waals surface area contributed by atoms with Crippen LogP contribution in [0.5, 0.6) is 0 Å². The summed E-state index contributed by atoms with van der Waals surface area (Å²) >= 11 is 0. The van der Waals surface area contributed by atoms with Crippen LogP contribution in [-0.2, 0) is 10.2 Å². The van der Waals surface area contributed by atoms with E-state index in [4.69, 9.17) is 4.74 Å². The highest BCUT2D eigenvalue weighted by atomic mass is 19.1. The fourth-order valence-corrected chi connectivity index (χ4v) is 4.17. The van der Waals surface area contributed by atoms with E-state index in [2.05, 4.69) is 23.3 Å². The van der Waals surface area contributed by atoms with E-state index in [0.717, 1.165) is 31.4 Å². The molecular formula is C20H23FN2O. The number of halogens is 1. The molecule has 1 saturated heterocycles. The van der Waals surface area contributed by atoms with Crippen LogP contribution in [0, 0.1) is 5.82 Å². The summed E-state index contributed by atoms with van der Waals surface area (Å²) in [5.74, 6) is -0.168. The van der Waals surface area contributed by atoms with Gasteiger partial charge < -0.3 is 10.1 Å². The summed E-state index contributed by atoms with van der Waals surface area (Å²) in [6.45, 7) is 3.06. The van der Waals surface area contributed by atoms with Gasteiger partial charge in [0.1, 0.15) is 5.82 Å². The maximum Gasteiger partial charge on any atom is 0.123 e. The molecule has 1 aliphatic heterocycles. The third kappa shape index (κ3) is 2.96. The summed E-state index contributed by atoms with van der Waals surface area (Å²) in [4.78, 5) is 4.21. The molecule has 24 heavy (non-hydrogen) atoms. The Morgan fingerprint density at radius 1 is 1.21 bits per heavy atom. The first-order valence-corrected chi connectivity index (χ1v) is 8.68. The molecule has 2 aromatic rings. The highest BCUT2D eigenvalue weighted by Crippen LogP contribution is 2.44. The second-order valence-electron chi connectivity index (χ2n) is 7.31. The predicted molar refractivity (Wildman–Crippen MR) is 91.2 cm³/mol. The van der Waals surface area contributed by atoms with E-state index in [1.54, 1.807) is 18.3 Å². The van der Waals surface area contributed by atoms with Crippen molar-refractivity contribution in [3.63, 3.8) is 0 Å². The van der Waals surface area contributed by atoms with Crippen molar-refractivity contribution < 1.29 is 9.13 Å². The minimum absolute atomic E-state index is 0.0939. The molecule has 3 nitrogen and oxygen atoms in total. The van der Waals surface area contributed by atoms with Crippen molar-refractivity contribution in [3.8, 4) is 0 Å². The van der Waals surface area contributed by atoms with Gasteiger partial charge in [0.15, 0.2) is 0 Å². The van der Waals surface area contributed by atoms with Gasteiger partial charge in [-0.15, -0.1) is 0 Å². The van der Waals surface area contributed by atoms with Crippen LogP contribution in [0.25, 0.3) is 0 Å². The van der Waals surface area contributed by atoms with E-state index in [-0.39, 0.29) is 17.3 Å². The van der Waals surface area contributed by atoms with Crippen molar-refractivity contribution in [2.45, 2.75) is 49.8 Å². The topological polar surface area (TPSA) is 34.1 Å². The van der Waals surface area contributed by atoms with Gasteiger partial charge in [-0.25, -0.2) is 4.39 Å². The van der Waals surface area contributed by atoms with Crippen LogP contribution >= 0.6 is 0 Å². The number of hydrogen-bond donors (Lipinski definition) is 1. The quantitative estimate of drug-likeness (QED) is 0.929. The van der Waals surface area contributed by atoms with Crippen molar-refractivity contribution in [1.29, 1.82) is 0 Å². The van der Waals surface area contributed by atoms with Crippen LogP contribution in [0.1, 0.15) is 43.4 Å². The molecule has 2 fully saturated rings. The van der Waals surface area contributed by atoms with Gasteiger partial charge >= 0.3 is 0 Å². The summed E-state index contributed by atoms with van der Waals surface area (Å²) in [5, 5.41) is 3.77. The van der Waals surface area contributed by atoms with Crippen LogP contribution in [0.4, 0.5) is 4.39 Å². The third-order valence-electron chi connectivity index (χ3n) is 5.49. The van der Waals surface area contributed by atoms with Gasteiger partial charge in [0, 0.05) is 36.6 Å². The molecule has 0 bridgehead atoms. The first kappa shape index (κ1) is 15.7. The van der Waals surface area contributed by atoms with Gasteiger partial charge in [0.25, 0.3) is 0 Å². The molecule has 126 valence electrons. The van der Waals surface area contributed by atoms with E-state index in [1.165, 1.54) is 5.56 Å². The zero-order valence-electron chi connectivity index (χ0n) is 13.9. The molecule has 1 aliphatic carbocycles. The van der Waals surface area contributed by atoms with Crippen LogP contribution in [0.15, 0.2) is 48.8 Å². The van der Waals surface area contributed by atoms with E-state index < -0.39 is 0 Å². The smallest absolute Gasteiger partial charge is 0.123 e. The lowest BCUT2D eigenvalue weighted by molar-refractivity contribution is 0.0854. The average molecular weight is 326 g/mol. The monoisotopic (exact) mass is 326 g/mol. The van der Waals surface area contributed by atoms with Gasteiger partial charge in [-0.1, -0.05) is 25.1 Å². The Labute approximate surface area is 142 Å². The van der Waals surface area contributed by atoms with Gasteiger partial charge in [-0.3, -0.25) is 4.98 Å². The van der Waals surface area contributed by atoms with E-state index in [1.807, 2.05) is 24.4 Å². The highest BCUT2D eigenvalue weighted by molar-refractivity contribution is 5.29. The zero-order chi connectivity index (χ0) is 16.6. The van der Waals surface area contributed by atoms with Crippen LogP contribution in [-0.4, -0.2) is 23.7 Å². The molecule has 2 aliphatic rings. The Balaban J connectivity index is 1.38. The Bertz CT molecular complexity index is 683. The van der Waals surface area contributed by atoms with Gasteiger partial charge in [0.2, 0.25) is 0 Å². The summed E-state index contributed by atoms with van der Waals surface area (Å²) in [6.07, 6.45) is 6.97. The lowest BCUT2D eigenvalue weighted by atomic mass is 9.63. The molecule has 1 aromatic heterocycles. The molecule has 2 heterocycles. The van der Waals surface area contributed by atoms with Gasteiger partial charge in [0.05, 0.1) is 6.10 Å². The minimum atomic E-state index is -0.168. The molecule has 1 aromatic carbocycles. The van der Waals surface area contributed by atoms with Crippen molar-refractivity contribution in [2.75, 3.05) is 6.61 Å². The Morgan fingerprint density at radius 2 is 2.00 bits per heavy atom. The number of ether oxygens (including phenoxy) is 1. The summed E-state index contributed by atoms with van der Waals surface area (Å²) in [5.41, 5.74) is 2.52. The van der Waals surface area contributed by atoms with Crippen molar-refractivity contribution in [2.24, 2.45) is 0 Å². The zero-order valence-corrected chi connectivity index (χ0v) is 13.9. The number of aromatic nitrogens is 1. The molecule has 0 unspecified atom stereocenters. The fourth-order valence-electron chi connectivity index (χ4n) is 4.17. The number of nitrogens with one attached hydrogen (secondary N) is 1. The molecule has 1 saturated carbocycles. The summed E-state index contributed by atoms with van der Waals surface area (Å²) in [7, 11) is 0. The van der Waals surface area contributed by atoms with Crippen molar-refractivity contribution in [3.05, 3.63) is 65.7 Å². The lowest BCUT2D eigenvalue weighted by Gasteiger charge is -2.47. The molecular weight excluding hydrogens is 303 g/mol. The first-order chi connectivity index (χ1) is 11.6. The van der Waals surface area contributed by atoms with Crippen LogP contribution < -0.4 is 5.32 Å². The predicted octanol–water partition coefficient (Wildman–Crippen LogP) is 3.76. The highest BCUT2D eigenvalue weighted by Gasteiger charge is 2.43. The number of rotatable bonds is 4.